The van der Waals surface area contributed by atoms with E-state index < -0.39 is 42.3 Å². The lowest BCUT2D eigenvalue weighted by molar-refractivity contribution is 0.0696. The lowest BCUT2D eigenvalue weighted by Gasteiger charge is -1.95. The number of hydrogen-bond acceptors (Lipinski definition) is 2. The molecule has 1 heterocycles. The molecule has 0 amide bonds. The van der Waals surface area contributed by atoms with E-state index in [1.807, 2.05) is 0 Å². The average Bonchev–Trinajstić information content (AvgIpc) is 2.07. The van der Waals surface area contributed by atoms with Crippen LogP contribution in [0.2, 0.25) is 0 Å². The largest absolute Gasteiger partial charge is 0.478 e. The fourth-order valence-electron chi connectivity index (χ4n) is 0.447. The van der Waals surface area contributed by atoms with Gasteiger partial charge in [0.05, 0.1) is 9.68 Å². The normalized spacial score (nSPS) is 19.2. The Morgan fingerprint density at radius 1 is 2.00 bits per heavy atom. The number of carboxylic acids is 1. The maximum Gasteiger partial charge on any atom is 0.336 e. The molecule has 0 unspecified atom stereocenters. The molecule has 0 aromatic carbocycles. The van der Waals surface area contributed by atoms with Gasteiger partial charge < -0.3 is 5.11 Å². The summed E-state index contributed by atoms with van der Waals surface area (Å²) in [6.45, 7) is -2.85. The Morgan fingerprint density at radius 3 is 3.40 bits per heavy atom. The first-order valence-corrected chi connectivity index (χ1v) is 2.37. The third-order valence-electron chi connectivity index (χ3n) is 0.868. The number of rotatable bonds is 1. The summed E-state index contributed by atoms with van der Waals surface area (Å²) in [5, 5.41) is 8.79. The summed E-state index contributed by atoms with van der Waals surface area (Å²) in [5.41, 5.74) is -1.66. The molecule has 3 nitrogen and oxygen atoms in total. The smallest absolute Gasteiger partial charge is 0.336 e. The first-order chi connectivity index (χ1) is 7.16. The fourth-order valence-corrected chi connectivity index (χ4v) is 0.447. The van der Waals surface area contributed by atoms with Crippen LogP contribution in [0.4, 0.5) is 0 Å². The van der Waals surface area contributed by atoms with E-state index in [0.717, 1.165) is 0 Å². The molecule has 0 saturated heterocycles. The van der Waals surface area contributed by atoms with Crippen LogP contribution >= 0.6 is 0 Å². The SMILES string of the molecule is [2H]c1nc([2H])c(C([2H])([2H])[2H])c(C(=O)O)c1[2H]. The highest BCUT2D eigenvalue weighted by Crippen LogP contribution is 2.03. The topological polar surface area (TPSA) is 50.2 Å². The standard InChI is InChI=1S/C7H7NO2/c1-5-4-8-3-2-6(5)7(9)10/h2-4H,1H3,(H,9,10)/i1D3,2D,3D,4D. The average molecular weight is 143 g/mol. The summed E-state index contributed by atoms with van der Waals surface area (Å²) in [7, 11) is 0. The van der Waals surface area contributed by atoms with E-state index in [-0.39, 0.29) is 0 Å². The van der Waals surface area contributed by atoms with E-state index in [1.54, 1.807) is 0 Å². The van der Waals surface area contributed by atoms with Crippen molar-refractivity contribution in [2.45, 2.75) is 6.85 Å². The highest BCUT2D eigenvalue weighted by atomic mass is 16.4. The molecule has 3 heteroatoms. The van der Waals surface area contributed by atoms with Gasteiger partial charge in [-0.3, -0.25) is 4.98 Å². The van der Waals surface area contributed by atoms with E-state index in [4.69, 9.17) is 13.3 Å². The van der Waals surface area contributed by atoms with E-state index in [1.165, 1.54) is 0 Å². The summed E-state index contributed by atoms with van der Waals surface area (Å²) in [5.74, 6) is -1.65. The van der Waals surface area contributed by atoms with Gasteiger partial charge in [0.15, 0.2) is 0 Å². The van der Waals surface area contributed by atoms with Gasteiger partial charge in [0, 0.05) is 16.5 Å². The Balaban J connectivity index is 3.72. The number of carboxylic acid groups (broad SMARTS) is 1. The molecule has 0 saturated carbocycles. The highest BCUT2D eigenvalue weighted by Gasteiger charge is 2.03. The summed E-state index contributed by atoms with van der Waals surface area (Å²) in [6.07, 6.45) is -1.53. The first kappa shape index (κ1) is 2.34. The van der Waals surface area contributed by atoms with Crippen molar-refractivity contribution in [1.82, 2.24) is 4.98 Å². The number of carbonyl (C=O) groups is 1. The lowest BCUT2D eigenvalue weighted by Crippen LogP contribution is -1.98. The van der Waals surface area contributed by atoms with Crippen molar-refractivity contribution < 1.29 is 18.1 Å². The highest BCUT2D eigenvalue weighted by molar-refractivity contribution is 5.88. The molecule has 0 radical (unpaired) electrons. The number of nitrogens with zero attached hydrogens (tertiary/aromatic N) is 1. The Morgan fingerprint density at radius 2 is 2.80 bits per heavy atom. The van der Waals surface area contributed by atoms with E-state index in [2.05, 4.69) is 4.98 Å². The Labute approximate surface area is 66.8 Å². The number of pyridine rings is 1. The third kappa shape index (κ3) is 1.13. The van der Waals surface area contributed by atoms with Gasteiger partial charge in [-0.15, -0.1) is 0 Å². The zero-order valence-electron chi connectivity index (χ0n) is 10.8. The molecular weight excluding hydrogens is 130 g/mol. The summed E-state index contributed by atoms with van der Waals surface area (Å²) < 4.78 is 42.9. The minimum Gasteiger partial charge on any atom is -0.478 e. The van der Waals surface area contributed by atoms with Crippen LogP contribution in [0.5, 0.6) is 0 Å². The van der Waals surface area contributed by atoms with Crippen molar-refractivity contribution in [1.29, 1.82) is 0 Å². The molecule has 0 aliphatic heterocycles. The molecule has 10 heavy (non-hydrogen) atoms. The molecule has 0 bridgehead atoms. The number of hydrogen-bond donors (Lipinski definition) is 1. The van der Waals surface area contributed by atoms with Gasteiger partial charge in [-0.2, -0.15) is 0 Å². The first-order valence-electron chi connectivity index (χ1n) is 5.37. The van der Waals surface area contributed by atoms with Gasteiger partial charge in [0.1, 0.15) is 0 Å². The van der Waals surface area contributed by atoms with Crippen LogP contribution in [0.25, 0.3) is 0 Å². The maximum atomic E-state index is 10.8. The minimum atomic E-state index is -2.85. The number of aromatic carboxylic acids is 1. The van der Waals surface area contributed by atoms with Gasteiger partial charge in [-0.05, 0) is 18.5 Å². The van der Waals surface area contributed by atoms with Crippen molar-refractivity contribution in [3.05, 3.63) is 29.5 Å². The predicted molar refractivity (Wildman–Crippen MR) is 35.9 cm³/mol. The van der Waals surface area contributed by atoms with Crippen molar-refractivity contribution >= 4 is 5.97 Å². The summed E-state index contributed by atoms with van der Waals surface area (Å²) >= 11 is 0. The molecule has 0 spiro atoms. The van der Waals surface area contributed by atoms with Crippen LogP contribution in [0, 0.1) is 6.85 Å². The Kier molecular flexibility index (Phi) is 0.579. The van der Waals surface area contributed by atoms with Crippen molar-refractivity contribution in [3.63, 3.8) is 0 Å². The lowest BCUT2D eigenvalue weighted by atomic mass is 10.2. The zero-order chi connectivity index (χ0) is 12.7. The quantitative estimate of drug-likeness (QED) is 0.640. The van der Waals surface area contributed by atoms with E-state index >= 15 is 0 Å². The summed E-state index contributed by atoms with van der Waals surface area (Å²) in [4.78, 5) is 14.0. The van der Waals surface area contributed by atoms with Crippen LogP contribution < -0.4 is 0 Å². The molecular formula is C7H7NO2. The van der Waals surface area contributed by atoms with Gasteiger partial charge in [0.2, 0.25) is 0 Å². The monoisotopic (exact) mass is 143 g/mol. The van der Waals surface area contributed by atoms with Crippen LogP contribution in [0.15, 0.2) is 18.4 Å². The molecule has 0 atom stereocenters. The Hall–Kier alpha value is -1.38. The molecule has 1 aromatic heterocycles. The summed E-state index contributed by atoms with van der Waals surface area (Å²) in [6, 6.07) is -0.797. The van der Waals surface area contributed by atoms with Crippen LogP contribution in [-0.4, -0.2) is 16.1 Å². The maximum absolute atomic E-state index is 10.8. The van der Waals surface area contributed by atoms with Gasteiger partial charge in [0.25, 0.3) is 0 Å². The van der Waals surface area contributed by atoms with Crippen LogP contribution in [0.1, 0.15) is 24.1 Å². The second kappa shape index (κ2) is 2.47. The molecule has 0 aliphatic rings. The predicted octanol–water partition coefficient (Wildman–Crippen LogP) is 1.09. The van der Waals surface area contributed by atoms with E-state index in [9.17, 15) is 4.79 Å². The second-order valence-electron chi connectivity index (χ2n) is 1.52. The minimum absolute atomic E-state index is 0.726. The van der Waals surface area contributed by atoms with Crippen molar-refractivity contribution in [2.24, 2.45) is 0 Å². The Bertz CT molecular complexity index is 455. The molecule has 1 rings (SSSR count). The molecule has 52 valence electrons. The zero-order valence-corrected chi connectivity index (χ0v) is 4.80. The van der Waals surface area contributed by atoms with Crippen molar-refractivity contribution in [2.75, 3.05) is 0 Å². The fraction of sp³-hybridized carbons (Fsp3) is 0.143. The molecule has 0 fully saturated rings. The van der Waals surface area contributed by atoms with Gasteiger partial charge >= 0.3 is 5.97 Å². The third-order valence-corrected chi connectivity index (χ3v) is 0.868. The van der Waals surface area contributed by atoms with Gasteiger partial charge in [-0.1, -0.05) is 0 Å². The second-order valence-corrected chi connectivity index (χ2v) is 1.52. The molecule has 0 aliphatic carbocycles. The van der Waals surface area contributed by atoms with Crippen molar-refractivity contribution in [3.8, 4) is 0 Å². The number of aromatic nitrogens is 1. The molecule has 1 aromatic rings. The van der Waals surface area contributed by atoms with E-state index in [0.29, 0.717) is 0 Å². The van der Waals surface area contributed by atoms with Crippen LogP contribution in [-0.2, 0) is 0 Å². The van der Waals surface area contributed by atoms with Gasteiger partial charge in [-0.25, -0.2) is 4.79 Å². The molecule has 1 N–H and O–H groups in total. The van der Waals surface area contributed by atoms with Crippen LogP contribution in [0.3, 0.4) is 0 Å².